The molecule has 0 aliphatic heterocycles. The van der Waals surface area contributed by atoms with Crippen molar-refractivity contribution in [2.24, 2.45) is 0 Å². The van der Waals surface area contributed by atoms with Crippen LogP contribution in [0.3, 0.4) is 0 Å². The Morgan fingerprint density at radius 1 is 0.967 bits per heavy atom. The Morgan fingerprint density at radius 2 is 1.57 bits per heavy atom. The molecule has 1 heterocycles. The normalized spacial score (nSPS) is 13.1. The van der Waals surface area contributed by atoms with E-state index in [9.17, 15) is 13.5 Å². The highest BCUT2D eigenvalue weighted by molar-refractivity contribution is 9.10. The lowest BCUT2D eigenvalue weighted by molar-refractivity contribution is 0.179. The summed E-state index contributed by atoms with van der Waals surface area (Å²) in [5.74, 6) is 0.0816. The molecule has 156 valence electrons. The van der Waals surface area contributed by atoms with E-state index in [1.54, 1.807) is 12.1 Å². The maximum Gasteiger partial charge on any atom is 0.181 e. The van der Waals surface area contributed by atoms with Crippen LogP contribution < -0.4 is 4.74 Å². The maximum absolute atomic E-state index is 12.8. The summed E-state index contributed by atoms with van der Waals surface area (Å²) in [5, 5.41) is 12.8. The fourth-order valence-electron chi connectivity index (χ4n) is 3.65. The van der Waals surface area contributed by atoms with E-state index in [1.165, 1.54) is 19.2 Å². The number of methoxy groups -OCH3 is 1. The van der Waals surface area contributed by atoms with E-state index >= 15 is 0 Å². The van der Waals surface area contributed by atoms with Gasteiger partial charge in [-0.25, -0.2) is 8.42 Å². The van der Waals surface area contributed by atoms with Gasteiger partial charge in [-0.2, -0.15) is 0 Å². The number of aliphatic hydroxyl groups excluding tert-OH is 1. The quantitative estimate of drug-likeness (QED) is 0.358. The number of halogens is 2. The van der Waals surface area contributed by atoms with Gasteiger partial charge in [0.2, 0.25) is 0 Å². The van der Waals surface area contributed by atoms with Gasteiger partial charge in [0.25, 0.3) is 0 Å². The average molecular weight is 553 g/mol. The molecule has 0 bridgehead atoms. The molecule has 3 aromatic carbocycles. The summed E-state index contributed by atoms with van der Waals surface area (Å²) in [7, 11) is -2.19. The number of aromatic nitrogens is 1. The standard InChI is InChI=1S/C22H19Br2NO4S/c1-29-17-3-2-4-18(11-17)30(27,28)13-16(26)12-25-21-7-5-14(23)9-19(21)20-10-15(24)6-8-22(20)25/h2-11,16,26H,12-13H2,1H3. The molecule has 4 aromatic rings. The van der Waals surface area contributed by atoms with E-state index < -0.39 is 15.9 Å². The number of nitrogens with zero attached hydrogens (tertiary/aromatic N) is 1. The van der Waals surface area contributed by atoms with Crippen molar-refractivity contribution < 1.29 is 18.3 Å². The molecule has 0 amide bonds. The predicted molar refractivity (Wildman–Crippen MR) is 126 cm³/mol. The molecule has 0 spiro atoms. The first kappa shape index (κ1) is 21.4. The Bertz CT molecular complexity index is 1290. The topological polar surface area (TPSA) is 68.5 Å². The van der Waals surface area contributed by atoms with E-state index in [2.05, 4.69) is 31.9 Å². The number of fused-ring (bicyclic) bond motifs is 3. The second-order valence-corrected chi connectivity index (χ2v) is 10.9. The first-order valence-corrected chi connectivity index (χ1v) is 12.4. The van der Waals surface area contributed by atoms with Crippen LogP contribution in [0.1, 0.15) is 0 Å². The number of ether oxygens (including phenoxy) is 1. The zero-order valence-corrected chi connectivity index (χ0v) is 20.0. The van der Waals surface area contributed by atoms with Crippen LogP contribution in [0.4, 0.5) is 0 Å². The minimum Gasteiger partial charge on any atom is -0.497 e. The van der Waals surface area contributed by atoms with Gasteiger partial charge in [0.05, 0.1) is 30.4 Å². The third-order valence-corrected chi connectivity index (χ3v) is 7.78. The van der Waals surface area contributed by atoms with Gasteiger partial charge in [-0.1, -0.05) is 37.9 Å². The van der Waals surface area contributed by atoms with E-state index in [-0.39, 0.29) is 17.2 Å². The average Bonchev–Trinajstić information content (AvgIpc) is 2.99. The van der Waals surface area contributed by atoms with Crippen LogP contribution in [0, 0.1) is 0 Å². The SMILES string of the molecule is COc1cccc(S(=O)(=O)CC(O)Cn2c3ccc(Br)cc3c3cc(Br)ccc32)c1. The molecule has 1 atom stereocenters. The largest absolute Gasteiger partial charge is 0.497 e. The minimum atomic E-state index is -3.67. The van der Waals surface area contributed by atoms with E-state index in [4.69, 9.17) is 4.74 Å². The first-order valence-electron chi connectivity index (χ1n) is 9.20. The number of hydrogen-bond acceptors (Lipinski definition) is 4. The van der Waals surface area contributed by atoms with Gasteiger partial charge >= 0.3 is 0 Å². The maximum atomic E-state index is 12.8. The zero-order chi connectivity index (χ0) is 21.5. The molecule has 0 saturated heterocycles. The molecule has 0 aliphatic rings. The fourth-order valence-corrected chi connectivity index (χ4v) is 5.76. The molecule has 30 heavy (non-hydrogen) atoms. The van der Waals surface area contributed by atoms with E-state index in [1.807, 2.05) is 41.0 Å². The van der Waals surface area contributed by atoms with Crippen LogP contribution in [0.25, 0.3) is 21.8 Å². The van der Waals surface area contributed by atoms with Gasteiger partial charge in [0.15, 0.2) is 9.84 Å². The lowest BCUT2D eigenvalue weighted by atomic mass is 10.2. The number of aliphatic hydroxyl groups is 1. The number of sulfone groups is 1. The molecular weight excluding hydrogens is 534 g/mol. The zero-order valence-electron chi connectivity index (χ0n) is 16.0. The van der Waals surface area contributed by atoms with Crippen molar-refractivity contribution in [3.63, 3.8) is 0 Å². The smallest absolute Gasteiger partial charge is 0.181 e. The fraction of sp³-hybridized carbons (Fsp3) is 0.182. The van der Waals surface area contributed by atoms with Crippen LogP contribution in [-0.2, 0) is 16.4 Å². The van der Waals surface area contributed by atoms with Crippen molar-refractivity contribution in [3.05, 3.63) is 69.6 Å². The van der Waals surface area contributed by atoms with Crippen LogP contribution in [-0.4, -0.2) is 37.1 Å². The second-order valence-electron chi connectivity index (χ2n) is 7.05. The number of benzene rings is 3. The Labute approximate surface area is 191 Å². The molecule has 0 saturated carbocycles. The minimum absolute atomic E-state index is 0.135. The van der Waals surface area contributed by atoms with E-state index in [0.29, 0.717) is 5.75 Å². The Kier molecular flexibility index (Phi) is 5.94. The van der Waals surface area contributed by atoms with Crippen molar-refractivity contribution in [2.45, 2.75) is 17.5 Å². The van der Waals surface area contributed by atoms with E-state index in [0.717, 1.165) is 30.8 Å². The first-order chi connectivity index (χ1) is 14.3. The van der Waals surface area contributed by atoms with Gasteiger partial charge in [-0.15, -0.1) is 0 Å². The molecule has 1 N–H and O–H groups in total. The highest BCUT2D eigenvalue weighted by Gasteiger charge is 2.22. The van der Waals surface area contributed by atoms with Crippen LogP contribution in [0.2, 0.25) is 0 Å². The van der Waals surface area contributed by atoms with Crippen molar-refractivity contribution in [1.82, 2.24) is 4.57 Å². The highest BCUT2D eigenvalue weighted by Crippen LogP contribution is 2.33. The van der Waals surface area contributed by atoms with Crippen LogP contribution in [0.5, 0.6) is 5.75 Å². The molecule has 1 unspecified atom stereocenters. The van der Waals surface area contributed by atoms with Crippen molar-refractivity contribution >= 4 is 63.5 Å². The Morgan fingerprint density at radius 3 is 2.13 bits per heavy atom. The summed E-state index contributed by atoms with van der Waals surface area (Å²) in [6.07, 6.45) is -1.08. The van der Waals surface area contributed by atoms with Gasteiger partial charge < -0.3 is 14.4 Å². The predicted octanol–water partition coefficient (Wildman–Crippen LogP) is 5.16. The summed E-state index contributed by atoms with van der Waals surface area (Å²) in [6, 6.07) is 18.2. The summed E-state index contributed by atoms with van der Waals surface area (Å²) in [5.41, 5.74) is 1.87. The molecule has 5 nitrogen and oxygen atoms in total. The third kappa shape index (κ3) is 4.14. The Hall–Kier alpha value is -1.87. The summed E-state index contributed by atoms with van der Waals surface area (Å²) >= 11 is 7.03. The highest BCUT2D eigenvalue weighted by atomic mass is 79.9. The molecule has 8 heteroatoms. The van der Waals surface area contributed by atoms with Crippen LogP contribution >= 0.6 is 31.9 Å². The van der Waals surface area contributed by atoms with Gasteiger partial charge in [0.1, 0.15) is 5.75 Å². The monoisotopic (exact) mass is 551 g/mol. The molecular formula is C22H19Br2NO4S. The third-order valence-electron chi connectivity index (χ3n) is 4.99. The van der Waals surface area contributed by atoms with Gasteiger partial charge in [-0.05, 0) is 54.6 Å². The molecule has 0 aliphatic carbocycles. The summed E-state index contributed by atoms with van der Waals surface area (Å²) in [6.45, 7) is 0.159. The summed E-state index contributed by atoms with van der Waals surface area (Å²) < 4.78 is 34.6. The van der Waals surface area contributed by atoms with Crippen molar-refractivity contribution in [3.8, 4) is 5.75 Å². The Balaban J connectivity index is 1.69. The number of rotatable bonds is 6. The van der Waals surface area contributed by atoms with Crippen LogP contribution in [0.15, 0.2) is 74.5 Å². The van der Waals surface area contributed by atoms with Crippen molar-refractivity contribution in [2.75, 3.05) is 12.9 Å². The summed E-state index contributed by atoms with van der Waals surface area (Å²) in [4.78, 5) is 0.135. The van der Waals surface area contributed by atoms with Gasteiger partial charge in [-0.3, -0.25) is 0 Å². The molecule has 0 fully saturated rings. The molecule has 1 aromatic heterocycles. The number of hydrogen-bond donors (Lipinski definition) is 1. The molecule has 0 radical (unpaired) electrons. The van der Waals surface area contributed by atoms with Crippen molar-refractivity contribution in [1.29, 1.82) is 0 Å². The lowest BCUT2D eigenvalue weighted by Gasteiger charge is -2.15. The van der Waals surface area contributed by atoms with Gasteiger partial charge in [0, 0.05) is 30.8 Å². The molecule has 4 rings (SSSR count). The lowest BCUT2D eigenvalue weighted by Crippen LogP contribution is -2.25. The second kappa shape index (κ2) is 8.34.